The summed E-state index contributed by atoms with van der Waals surface area (Å²) in [4.78, 5) is 25.6. The Morgan fingerprint density at radius 3 is 1.14 bits per heavy atom. The molecule has 7 heavy (non-hydrogen) atoms. The summed E-state index contributed by atoms with van der Waals surface area (Å²) in [6.45, 7) is 0. The van der Waals surface area contributed by atoms with E-state index in [1.54, 1.807) is 0 Å². The smallest absolute Gasteiger partial charge is 0.822 e. The van der Waals surface area contributed by atoms with Gasteiger partial charge < -0.3 is 25.4 Å². The molecule has 0 saturated carbocycles. The van der Waals surface area contributed by atoms with E-state index in [9.17, 15) is 0 Å². The summed E-state index contributed by atoms with van der Waals surface area (Å²) in [5, 5.41) is 0. The Bertz CT molecular complexity index is 57.8. The van der Waals surface area contributed by atoms with Gasteiger partial charge >= 0.3 is 18.9 Å². The van der Waals surface area contributed by atoms with Crippen LogP contribution in [0.2, 0.25) is 0 Å². The molecule has 0 aromatic heterocycles. The Kier molecular flexibility index (Phi) is 10.8. The third kappa shape index (κ3) is 326. The first-order valence-corrected chi connectivity index (χ1v) is 2.19. The maximum absolute atomic E-state index is 8.55. The summed E-state index contributed by atoms with van der Waals surface area (Å²) in [6.07, 6.45) is 0. The van der Waals surface area contributed by atoms with E-state index >= 15 is 0 Å². The second-order valence-corrected chi connectivity index (χ2v) is 1.34. The monoisotopic (exact) mass is 120 g/mol. The third-order valence-electron chi connectivity index (χ3n) is 0. The van der Waals surface area contributed by atoms with Crippen LogP contribution in [0.1, 0.15) is 0 Å². The normalized spacial score (nSPS) is 8.43. The van der Waals surface area contributed by atoms with E-state index in [0.29, 0.717) is 0 Å². The van der Waals surface area contributed by atoms with Crippen LogP contribution in [0.25, 0.3) is 0 Å². The van der Waals surface area contributed by atoms with Crippen molar-refractivity contribution in [2.45, 2.75) is 0 Å². The summed E-state index contributed by atoms with van der Waals surface area (Å²) in [7, 11) is -5.39. The molecule has 0 aromatic rings. The van der Waals surface area contributed by atoms with Gasteiger partial charge in [0.15, 0.2) is 0 Å². The van der Waals surface area contributed by atoms with Crippen LogP contribution < -0.4 is 39.7 Å². The van der Waals surface area contributed by atoms with Gasteiger partial charge in [-0.2, -0.15) is 7.82 Å². The number of hydrogen-bond acceptors (Lipinski definition) is 4. The number of phosphoric acid groups is 1. The van der Waals surface area contributed by atoms with Crippen molar-refractivity contribution in [1.82, 2.24) is 6.15 Å². The van der Waals surface area contributed by atoms with E-state index in [-0.39, 0.29) is 25.0 Å². The minimum absolute atomic E-state index is 0. The molecule has 0 aliphatic carbocycles. The maximum Gasteiger partial charge on any atom is 1.00 e. The van der Waals surface area contributed by atoms with Gasteiger partial charge in [0.1, 0.15) is 0 Å². The molecule has 0 rings (SSSR count). The van der Waals surface area contributed by atoms with Crippen molar-refractivity contribution >= 4 is 7.82 Å². The minimum atomic E-state index is -5.39. The van der Waals surface area contributed by atoms with Gasteiger partial charge in [-0.3, -0.25) is 0 Å². The molecule has 0 fully saturated rings. The van der Waals surface area contributed by atoms with Crippen LogP contribution in [0.3, 0.4) is 0 Å². The number of quaternary nitrogens is 1. The molecule has 0 aromatic carbocycles. The van der Waals surface area contributed by atoms with Crippen molar-refractivity contribution in [3.63, 3.8) is 0 Å². The summed E-state index contributed by atoms with van der Waals surface area (Å²) in [5.41, 5.74) is 0. The fraction of sp³-hybridized carbons (Fsp3) is 0. The maximum atomic E-state index is 8.55. The fourth-order valence-electron chi connectivity index (χ4n) is 0. The van der Waals surface area contributed by atoms with Crippen LogP contribution >= 0.6 is 7.82 Å². The van der Waals surface area contributed by atoms with Crippen LogP contribution in [0.5, 0.6) is 0 Å². The van der Waals surface area contributed by atoms with Crippen molar-refractivity contribution in [1.29, 1.82) is 0 Å². The molecule has 7 heteroatoms. The molecule has 0 radical (unpaired) electrons. The average molecular weight is 120 g/mol. The fourth-order valence-corrected chi connectivity index (χ4v) is 0. The predicted molar refractivity (Wildman–Crippen MR) is 13.6 cm³/mol. The average Bonchev–Trinajstić information content (AvgIpc) is 0.722. The Hall–Kier alpha value is 0.667. The zero-order valence-corrected chi connectivity index (χ0v) is 4.97. The molecular weight excluding hydrogens is 116 g/mol. The molecule has 0 saturated heterocycles. The van der Waals surface area contributed by atoms with Gasteiger partial charge in [-0.1, -0.05) is 0 Å². The first kappa shape index (κ1) is 15.6. The van der Waals surface area contributed by atoms with Crippen LogP contribution in [0.15, 0.2) is 0 Å². The topological polar surface area (TPSA) is 123 Å². The van der Waals surface area contributed by atoms with Gasteiger partial charge in [0.25, 0.3) is 0 Å². The van der Waals surface area contributed by atoms with Gasteiger partial charge in [0.2, 0.25) is 0 Å². The molecule has 4 N–H and O–H groups in total. The van der Waals surface area contributed by atoms with Crippen molar-refractivity contribution in [3.05, 3.63) is 0 Å². The Labute approximate surface area is 52.7 Å². The van der Waals surface area contributed by atoms with E-state index in [4.69, 9.17) is 19.2 Å². The zero-order chi connectivity index (χ0) is 4.50. The van der Waals surface area contributed by atoms with Gasteiger partial charge in [-0.25, -0.2) is 0 Å². The Morgan fingerprint density at radius 1 is 1.14 bits per heavy atom. The van der Waals surface area contributed by atoms with Crippen LogP contribution in [-0.2, 0) is 4.57 Å². The summed E-state index contributed by atoms with van der Waals surface area (Å²) in [6, 6.07) is 0. The van der Waals surface area contributed by atoms with Gasteiger partial charge in [-0.05, 0) is 0 Å². The minimum Gasteiger partial charge on any atom is -0.822 e. The SMILES string of the molecule is O=P([O-])([O-])[O-].[Li+].[NH4+]. The molecule has 0 spiro atoms. The summed E-state index contributed by atoms with van der Waals surface area (Å²) < 4.78 is 8.55. The first-order chi connectivity index (χ1) is 2.00. The molecule has 0 unspecified atom stereocenters. The van der Waals surface area contributed by atoms with E-state index in [0.717, 1.165) is 0 Å². The second kappa shape index (κ2) is 4.82. The van der Waals surface area contributed by atoms with Gasteiger partial charge in [0, 0.05) is 0 Å². The Balaban J connectivity index is -0.0000000800. The van der Waals surface area contributed by atoms with E-state index in [1.807, 2.05) is 0 Å². The summed E-state index contributed by atoms with van der Waals surface area (Å²) in [5.74, 6) is 0. The molecule has 0 bridgehead atoms. The predicted octanol–water partition coefficient (Wildman–Crippen LogP) is -5.44. The molecule has 0 aliphatic heterocycles. The molecular formula is H4LiNO4P-. The van der Waals surface area contributed by atoms with Crippen LogP contribution in [0.4, 0.5) is 0 Å². The Morgan fingerprint density at radius 2 is 1.14 bits per heavy atom. The van der Waals surface area contributed by atoms with Crippen molar-refractivity contribution in [2.75, 3.05) is 0 Å². The zero-order valence-electron chi connectivity index (χ0n) is 4.08. The van der Waals surface area contributed by atoms with Crippen LogP contribution in [-0.4, -0.2) is 0 Å². The molecule has 40 valence electrons. The molecule has 0 aliphatic rings. The standard InChI is InChI=1S/Li.H3N.H3O4P/c;;1-5(2,3)4/h;1H3;(H3,1,2,3,4)/q+1;;/p-2. The van der Waals surface area contributed by atoms with E-state index in [2.05, 4.69) is 0 Å². The van der Waals surface area contributed by atoms with Gasteiger partial charge in [-0.15, -0.1) is 0 Å². The molecule has 0 amide bonds. The second-order valence-electron chi connectivity index (χ2n) is 0.447. The first-order valence-electron chi connectivity index (χ1n) is 0.730. The third-order valence-corrected chi connectivity index (χ3v) is 0. The molecule has 5 nitrogen and oxygen atoms in total. The number of hydrogen-bond donors (Lipinski definition) is 1. The summed E-state index contributed by atoms with van der Waals surface area (Å²) >= 11 is 0. The molecule has 0 heterocycles. The quantitative estimate of drug-likeness (QED) is 0.253. The number of rotatable bonds is 0. The van der Waals surface area contributed by atoms with Crippen molar-refractivity contribution < 1.29 is 38.1 Å². The van der Waals surface area contributed by atoms with Crippen LogP contribution in [0, 0.1) is 0 Å². The largest absolute Gasteiger partial charge is 1.00 e. The van der Waals surface area contributed by atoms with Crippen molar-refractivity contribution in [3.8, 4) is 0 Å². The van der Waals surface area contributed by atoms with Gasteiger partial charge in [0.05, 0.1) is 0 Å². The van der Waals surface area contributed by atoms with E-state index in [1.165, 1.54) is 0 Å². The molecule has 0 atom stereocenters. The van der Waals surface area contributed by atoms with Crippen molar-refractivity contribution in [2.24, 2.45) is 0 Å². The van der Waals surface area contributed by atoms with E-state index < -0.39 is 7.82 Å².